The number of fused-ring (bicyclic) bond motifs is 5. The summed E-state index contributed by atoms with van der Waals surface area (Å²) in [5.41, 5.74) is 4.79. The molecule has 0 radical (unpaired) electrons. The number of para-hydroxylation sites is 2. The Balaban J connectivity index is 1.34. The van der Waals surface area contributed by atoms with E-state index in [2.05, 4.69) is 0 Å². The van der Waals surface area contributed by atoms with Gasteiger partial charge in [0.05, 0.1) is 35.3 Å². The van der Waals surface area contributed by atoms with Crippen LogP contribution in [-0.4, -0.2) is 45.7 Å². The fourth-order valence-electron chi connectivity index (χ4n) is 7.69. The highest BCUT2D eigenvalue weighted by Crippen LogP contribution is 2.59. The van der Waals surface area contributed by atoms with E-state index in [1.54, 1.807) is 48.5 Å². The molecule has 4 aromatic carbocycles. The molecule has 0 aromatic heterocycles. The van der Waals surface area contributed by atoms with E-state index in [-0.39, 0.29) is 23.6 Å². The van der Waals surface area contributed by atoms with Gasteiger partial charge in [-0.05, 0) is 49.2 Å². The Hall–Kier alpha value is -4.92. The zero-order chi connectivity index (χ0) is 30.3. The molecule has 4 fully saturated rings. The monoisotopic (exact) mass is 582 g/mol. The maximum absolute atomic E-state index is 14.4. The fourth-order valence-corrected chi connectivity index (χ4v) is 7.69. The molecule has 8 nitrogen and oxygen atoms in total. The van der Waals surface area contributed by atoms with Crippen molar-refractivity contribution in [3.8, 4) is 0 Å². The van der Waals surface area contributed by atoms with Gasteiger partial charge in [-0.15, -0.1) is 0 Å². The molecule has 0 N–H and O–H groups in total. The Bertz CT molecular complexity index is 1670. The van der Waals surface area contributed by atoms with Gasteiger partial charge in [-0.3, -0.25) is 19.2 Å². The van der Waals surface area contributed by atoms with Crippen LogP contribution in [0.5, 0.6) is 0 Å². The summed E-state index contributed by atoms with van der Waals surface area (Å²) >= 11 is 0. The van der Waals surface area contributed by atoms with Gasteiger partial charge in [0.15, 0.2) is 0 Å². The van der Waals surface area contributed by atoms with E-state index < -0.39 is 36.0 Å². The molecule has 4 aliphatic rings. The van der Waals surface area contributed by atoms with Crippen LogP contribution in [0, 0.1) is 25.7 Å². The van der Waals surface area contributed by atoms with Crippen LogP contribution < -0.4 is 9.80 Å². The third kappa shape index (κ3) is 3.64. The summed E-state index contributed by atoms with van der Waals surface area (Å²) < 4.78 is 0. The lowest BCUT2D eigenvalue weighted by molar-refractivity contribution is -0.136. The fraction of sp³-hybridized carbons (Fsp3) is 0.222. The zero-order valence-corrected chi connectivity index (χ0v) is 24.3. The van der Waals surface area contributed by atoms with Crippen molar-refractivity contribution in [2.45, 2.75) is 38.0 Å². The SMILES string of the molecule is Cc1ccc([C@@H]2[C@@H]3C(=O)N(c4ccccc4)C(=O)[C@@H]3N3[C@H](c4ccc(C)cc4)[C@H]4C(=O)N(c5ccccc5)C(=O)[C@@H]4N23)cc1. The van der Waals surface area contributed by atoms with Gasteiger partial charge in [-0.2, -0.15) is 0 Å². The van der Waals surface area contributed by atoms with Crippen LogP contribution >= 0.6 is 0 Å². The van der Waals surface area contributed by atoms with Crippen molar-refractivity contribution in [1.29, 1.82) is 0 Å². The molecule has 0 spiro atoms. The number of nitrogens with zero attached hydrogens (tertiary/aromatic N) is 4. The maximum Gasteiger partial charge on any atom is 0.253 e. The molecule has 4 aromatic rings. The molecule has 218 valence electrons. The lowest BCUT2D eigenvalue weighted by Gasteiger charge is -2.35. The third-order valence-electron chi connectivity index (χ3n) is 9.59. The highest BCUT2D eigenvalue weighted by Gasteiger charge is 2.73. The smallest absolute Gasteiger partial charge is 0.253 e. The summed E-state index contributed by atoms with van der Waals surface area (Å²) in [7, 11) is 0. The van der Waals surface area contributed by atoms with Gasteiger partial charge in [0.1, 0.15) is 12.1 Å². The van der Waals surface area contributed by atoms with Crippen LogP contribution in [0.25, 0.3) is 0 Å². The number of hydrogen-bond acceptors (Lipinski definition) is 6. The number of benzene rings is 4. The summed E-state index contributed by atoms with van der Waals surface area (Å²) in [6.45, 7) is 3.98. The molecule has 4 heterocycles. The van der Waals surface area contributed by atoms with Gasteiger partial charge in [-0.25, -0.2) is 19.8 Å². The molecule has 8 heteroatoms. The van der Waals surface area contributed by atoms with Crippen molar-refractivity contribution in [1.82, 2.24) is 10.0 Å². The number of imide groups is 2. The first-order valence-corrected chi connectivity index (χ1v) is 14.9. The van der Waals surface area contributed by atoms with Crippen LogP contribution in [0.3, 0.4) is 0 Å². The average Bonchev–Trinajstić information content (AvgIpc) is 3.70. The molecule has 0 bridgehead atoms. The molecule has 0 aliphatic carbocycles. The Labute approximate surface area is 255 Å². The Morgan fingerprint density at radius 2 is 0.750 bits per heavy atom. The Kier molecular flexibility index (Phi) is 5.95. The molecule has 4 amide bonds. The quantitative estimate of drug-likeness (QED) is 0.323. The second-order valence-electron chi connectivity index (χ2n) is 12.1. The lowest BCUT2D eigenvalue weighted by atomic mass is 9.84. The number of hydrazine groups is 1. The van der Waals surface area contributed by atoms with Gasteiger partial charge >= 0.3 is 0 Å². The number of amides is 4. The van der Waals surface area contributed by atoms with Gasteiger partial charge in [0, 0.05) is 0 Å². The van der Waals surface area contributed by atoms with Gasteiger partial charge in [0.25, 0.3) is 11.8 Å². The van der Waals surface area contributed by atoms with E-state index >= 15 is 0 Å². The minimum atomic E-state index is -0.878. The van der Waals surface area contributed by atoms with E-state index in [1.165, 1.54) is 9.80 Å². The normalized spacial score (nSPS) is 28.1. The Morgan fingerprint density at radius 3 is 1.09 bits per heavy atom. The standard InChI is InChI=1S/C36H30N4O4/c1-21-13-17-23(18-14-21)29-27-31(35(43)37(33(27)41)25-9-5-3-6-10-25)40-30(24-19-15-22(2)16-20-24)28-32(39(29)40)36(44)38(34(28)42)26-11-7-4-8-12-26/h3-20,27-32H,1-2H3/t27-,28+,29-,30-,31-,32-/m1/s1. The van der Waals surface area contributed by atoms with Crippen molar-refractivity contribution >= 4 is 35.0 Å². The second kappa shape index (κ2) is 9.80. The molecule has 0 saturated carbocycles. The average molecular weight is 583 g/mol. The zero-order valence-electron chi connectivity index (χ0n) is 24.3. The van der Waals surface area contributed by atoms with Crippen molar-refractivity contribution in [3.05, 3.63) is 131 Å². The Morgan fingerprint density at radius 1 is 0.409 bits per heavy atom. The van der Waals surface area contributed by atoms with Crippen molar-refractivity contribution in [2.75, 3.05) is 9.80 Å². The second-order valence-corrected chi connectivity index (χ2v) is 12.1. The largest absolute Gasteiger partial charge is 0.274 e. The van der Waals surface area contributed by atoms with Gasteiger partial charge in [-0.1, -0.05) is 96.1 Å². The topological polar surface area (TPSA) is 81.2 Å². The van der Waals surface area contributed by atoms with Crippen LogP contribution in [0.4, 0.5) is 11.4 Å². The summed E-state index contributed by atoms with van der Waals surface area (Å²) in [5.74, 6) is -2.84. The number of anilines is 2. The first-order chi connectivity index (χ1) is 21.4. The number of rotatable bonds is 4. The van der Waals surface area contributed by atoms with E-state index in [0.29, 0.717) is 11.4 Å². The highest BCUT2D eigenvalue weighted by molar-refractivity contribution is 6.26. The van der Waals surface area contributed by atoms with Gasteiger partial charge in [0.2, 0.25) is 11.8 Å². The van der Waals surface area contributed by atoms with E-state index in [1.807, 2.05) is 84.5 Å². The third-order valence-corrected chi connectivity index (χ3v) is 9.59. The molecule has 8 rings (SSSR count). The first kappa shape index (κ1) is 26.7. The summed E-state index contributed by atoms with van der Waals surface area (Å²) in [6.07, 6.45) is 0. The molecular weight excluding hydrogens is 552 g/mol. The first-order valence-electron chi connectivity index (χ1n) is 14.9. The lowest BCUT2D eigenvalue weighted by Crippen LogP contribution is -2.50. The summed E-state index contributed by atoms with van der Waals surface area (Å²) in [4.78, 5) is 60.2. The van der Waals surface area contributed by atoms with E-state index in [4.69, 9.17) is 0 Å². The molecule has 4 saturated heterocycles. The number of carbonyl (C=O) groups is 4. The number of carbonyl (C=O) groups excluding carboxylic acids is 4. The highest BCUT2D eigenvalue weighted by atomic mass is 16.2. The minimum absolute atomic E-state index is 0.304. The molecule has 6 atom stereocenters. The van der Waals surface area contributed by atoms with Crippen LogP contribution in [0.2, 0.25) is 0 Å². The molecule has 0 unspecified atom stereocenters. The predicted molar refractivity (Wildman–Crippen MR) is 164 cm³/mol. The van der Waals surface area contributed by atoms with Crippen molar-refractivity contribution < 1.29 is 19.2 Å². The van der Waals surface area contributed by atoms with Crippen molar-refractivity contribution in [3.63, 3.8) is 0 Å². The number of aryl methyl sites for hydroxylation is 2. The van der Waals surface area contributed by atoms with E-state index in [0.717, 1.165) is 22.3 Å². The summed E-state index contributed by atoms with van der Waals surface area (Å²) in [6, 6.07) is 30.7. The van der Waals surface area contributed by atoms with Crippen LogP contribution in [0.1, 0.15) is 34.3 Å². The molecule has 4 aliphatic heterocycles. The van der Waals surface area contributed by atoms with Crippen molar-refractivity contribution in [2.24, 2.45) is 11.8 Å². The minimum Gasteiger partial charge on any atom is -0.274 e. The van der Waals surface area contributed by atoms with E-state index in [9.17, 15) is 19.2 Å². The summed E-state index contributed by atoms with van der Waals surface area (Å²) in [5, 5.41) is 3.83. The maximum atomic E-state index is 14.4. The number of hydrogen-bond donors (Lipinski definition) is 0. The predicted octanol–water partition coefficient (Wildman–Crippen LogP) is 4.75. The van der Waals surface area contributed by atoms with Gasteiger partial charge < -0.3 is 0 Å². The van der Waals surface area contributed by atoms with Crippen LogP contribution in [-0.2, 0) is 19.2 Å². The molecular formula is C36H30N4O4. The molecule has 44 heavy (non-hydrogen) atoms. The van der Waals surface area contributed by atoms with Crippen LogP contribution in [0.15, 0.2) is 109 Å².